The molecule has 0 aliphatic heterocycles. The Morgan fingerprint density at radius 1 is 1.50 bits per heavy atom. The third kappa shape index (κ3) is 1.66. The summed E-state index contributed by atoms with van der Waals surface area (Å²) in [6.45, 7) is 4.50. The van der Waals surface area contributed by atoms with E-state index in [1.165, 1.54) is 0 Å². The largest absolute Gasteiger partial charge is 0.494 e. The van der Waals surface area contributed by atoms with Crippen LogP contribution >= 0.6 is 0 Å². The number of aliphatic carboxylic acids is 1. The highest BCUT2D eigenvalue weighted by atomic mass is 16.5. The lowest BCUT2D eigenvalue weighted by Crippen LogP contribution is -2.19. The van der Waals surface area contributed by atoms with Gasteiger partial charge in [-0.1, -0.05) is 12.1 Å². The van der Waals surface area contributed by atoms with E-state index >= 15 is 0 Å². The molecule has 0 radical (unpaired) electrons. The van der Waals surface area contributed by atoms with Crippen LogP contribution in [0.5, 0.6) is 5.75 Å². The lowest BCUT2D eigenvalue weighted by molar-refractivity contribution is -0.140. The maximum Gasteiger partial charge on any atom is 0.314 e. The summed E-state index contributed by atoms with van der Waals surface area (Å²) in [6, 6.07) is 5.71. The molecule has 0 spiro atoms. The lowest BCUT2D eigenvalue weighted by Gasteiger charge is -2.13. The van der Waals surface area contributed by atoms with Crippen LogP contribution in [0.15, 0.2) is 18.2 Å². The zero-order chi connectivity index (χ0) is 11.8. The highest BCUT2D eigenvalue weighted by molar-refractivity contribution is 5.85. The van der Waals surface area contributed by atoms with Gasteiger partial charge in [0.05, 0.1) is 12.0 Å². The minimum absolute atomic E-state index is 0.602. The van der Waals surface area contributed by atoms with Crippen LogP contribution in [0.4, 0.5) is 0 Å². The number of ether oxygens (including phenoxy) is 1. The van der Waals surface area contributed by atoms with E-state index in [0.29, 0.717) is 6.61 Å². The van der Waals surface area contributed by atoms with Gasteiger partial charge in [0.2, 0.25) is 0 Å². The molecular formula is C13H16O3. The minimum Gasteiger partial charge on any atom is -0.494 e. The highest BCUT2D eigenvalue weighted by Gasteiger charge is 2.51. The summed E-state index contributed by atoms with van der Waals surface area (Å²) in [4.78, 5) is 11.2. The average molecular weight is 220 g/mol. The third-order valence-corrected chi connectivity index (χ3v) is 3.20. The van der Waals surface area contributed by atoms with Crippen molar-refractivity contribution in [3.8, 4) is 5.75 Å². The summed E-state index contributed by atoms with van der Waals surface area (Å²) in [5, 5.41) is 9.21. The van der Waals surface area contributed by atoms with E-state index in [1.807, 2.05) is 32.0 Å². The van der Waals surface area contributed by atoms with Gasteiger partial charge in [-0.25, -0.2) is 0 Å². The quantitative estimate of drug-likeness (QED) is 0.848. The van der Waals surface area contributed by atoms with Crippen molar-refractivity contribution in [2.24, 2.45) is 0 Å². The van der Waals surface area contributed by atoms with Gasteiger partial charge in [0.1, 0.15) is 5.75 Å². The molecule has 0 amide bonds. The van der Waals surface area contributed by atoms with Gasteiger partial charge in [-0.05, 0) is 43.9 Å². The first-order valence-electron chi connectivity index (χ1n) is 5.57. The first-order valence-corrected chi connectivity index (χ1v) is 5.57. The van der Waals surface area contributed by atoms with Crippen LogP contribution in [0, 0.1) is 6.92 Å². The van der Waals surface area contributed by atoms with Crippen molar-refractivity contribution in [3.63, 3.8) is 0 Å². The second-order valence-corrected chi connectivity index (χ2v) is 4.30. The molecular weight excluding hydrogens is 204 g/mol. The van der Waals surface area contributed by atoms with Gasteiger partial charge in [0.25, 0.3) is 0 Å². The van der Waals surface area contributed by atoms with Gasteiger partial charge in [0, 0.05) is 0 Å². The molecule has 0 saturated heterocycles. The Bertz CT molecular complexity index is 419. The molecule has 0 bridgehead atoms. The second kappa shape index (κ2) is 3.81. The van der Waals surface area contributed by atoms with Crippen molar-refractivity contribution in [1.82, 2.24) is 0 Å². The molecule has 1 aromatic rings. The second-order valence-electron chi connectivity index (χ2n) is 4.30. The Kier molecular flexibility index (Phi) is 2.62. The molecule has 0 aromatic heterocycles. The van der Waals surface area contributed by atoms with Crippen molar-refractivity contribution in [1.29, 1.82) is 0 Å². The van der Waals surface area contributed by atoms with E-state index in [0.717, 1.165) is 29.7 Å². The minimum atomic E-state index is -0.723. The molecule has 1 aliphatic carbocycles. The van der Waals surface area contributed by atoms with Crippen LogP contribution < -0.4 is 4.74 Å². The number of carboxylic acids is 1. The Hall–Kier alpha value is -1.51. The molecule has 16 heavy (non-hydrogen) atoms. The van der Waals surface area contributed by atoms with Gasteiger partial charge in [-0.3, -0.25) is 4.79 Å². The van der Waals surface area contributed by atoms with Crippen LogP contribution in [0.3, 0.4) is 0 Å². The molecule has 1 saturated carbocycles. The first-order chi connectivity index (χ1) is 7.60. The zero-order valence-electron chi connectivity index (χ0n) is 9.62. The van der Waals surface area contributed by atoms with Crippen LogP contribution in [0.25, 0.3) is 0 Å². The molecule has 1 aromatic carbocycles. The van der Waals surface area contributed by atoms with Crippen molar-refractivity contribution >= 4 is 5.97 Å². The summed E-state index contributed by atoms with van der Waals surface area (Å²) in [6.07, 6.45) is 1.47. The first kappa shape index (κ1) is 11.0. The molecule has 86 valence electrons. The van der Waals surface area contributed by atoms with Gasteiger partial charge >= 0.3 is 5.97 Å². The third-order valence-electron chi connectivity index (χ3n) is 3.20. The zero-order valence-corrected chi connectivity index (χ0v) is 9.62. The Morgan fingerprint density at radius 2 is 2.19 bits per heavy atom. The van der Waals surface area contributed by atoms with Crippen LogP contribution in [0.2, 0.25) is 0 Å². The molecule has 0 heterocycles. The summed E-state index contributed by atoms with van der Waals surface area (Å²) < 4.78 is 5.49. The molecule has 1 N–H and O–H groups in total. The summed E-state index contributed by atoms with van der Waals surface area (Å²) in [7, 11) is 0. The smallest absolute Gasteiger partial charge is 0.314 e. The van der Waals surface area contributed by atoms with Gasteiger partial charge in [0.15, 0.2) is 0 Å². The predicted molar refractivity (Wildman–Crippen MR) is 60.9 cm³/mol. The molecule has 0 atom stereocenters. The number of hydrogen-bond donors (Lipinski definition) is 1. The van der Waals surface area contributed by atoms with Gasteiger partial charge in [-0.15, -0.1) is 0 Å². The van der Waals surface area contributed by atoms with Crippen LogP contribution in [0.1, 0.15) is 30.9 Å². The van der Waals surface area contributed by atoms with E-state index in [2.05, 4.69) is 0 Å². The summed E-state index contributed by atoms with van der Waals surface area (Å²) in [5.41, 5.74) is 1.28. The predicted octanol–water partition coefficient (Wildman–Crippen LogP) is 2.51. The Labute approximate surface area is 95.0 Å². The number of carboxylic acid groups (broad SMARTS) is 1. The van der Waals surface area contributed by atoms with E-state index in [1.54, 1.807) is 0 Å². The van der Waals surface area contributed by atoms with Crippen molar-refractivity contribution in [2.75, 3.05) is 6.61 Å². The van der Waals surface area contributed by atoms with E-state index in [9.17, 15) is 9.90 Å². The summed E-state index contributed by atoms with van der Waals surface area (Å²) in [5.74, 6) is 0.0753. The van der Waals surface area contributed by atoms with Crippen molar-refractivity contribution < 1.29 is 14.6 Å². The SMILES string of the molecule is CCOc1cc(C2(C(=O)O)CC2)ccc1C. The lowest BCUT2D eigenvalue weighted by atomic mass is 9.95. The highest BCUT2D eigenvalue weighted by Crippen LogP contribution is 2.49. The molecule has 3 heteroatoms. The van der Waals surface area contributed by atoms with E-state index < -0.39 is 11.4 Å². The van der Waals surface area contributed by atoms with Gasteiger partial charge in [-0.2, -0.15) is 0 Å². The van der Waals surface area contributed by atoms with Crippen molar-refractivity contribution in [2.45, 2.75) is 32.1 Å². The van der Waals surface area contributed by atoms with Crippen LogP contribution in [-0.2, 0) is 10.2 Å². The standard InChI is InChI=1S/C13H16O3/c1-3-16-11-8-10(5-4-9(11)2)13(6-7-13)12(14)15/h4-5,8H,3,6-7H2,1-2H3,(H,14,15). The Morgan fingerprint density at radius 3 is 2.69 bits per heavy atom. The maximum absolute atomic E-state index is 11.2. The fourth-order valence-electron chi connectivity index (χ4n) is 1.96. The van der Waals surface area contributed by atoms with Crippen molar-refractivity contribution in [3.05, 3.63) is 29.3 Å². The summed E-state index contributed by atoms with van der Waals surface area (Å²) >= 11 is 0. The van der Waals surface area contributed by atoms with Crippen LogP contribution in [-0.4, -0.2) is 17.7 Å². The molecule has 1 fully saturated rings. The number of hydrogen-bond acceptors (Lipinski definition) is 2. The number of rotatable bonds is 4. The van der Waals surface area contributed by atoms with Gasteiger partial charge < -0.3 is 9.84 Å². The normalized spacial score (nSPS) is 16.9. The molecule has 1 aliphatic rings. The van der Waals surface area contributed by atoms with E-state index in [4.69, 9.17) is 4.74 Å². The fourth-order valence-corrected chi connectivity index (χ4v) is 1.96. The molecule has 2 rings (SSSR count). The topological polar surface area (TPSA) is 46.5 Å². The fraction of sp³-hybridized carbons (Fsp3) is 0.462. The number of carbonyl (C=O) groups is 1. The molecule has 0 unspecified atom stereocenters. The van der Waals surface area contributed by atoms with E-state index in [-0.39, 0.29) is 0 Å². The maximum atomic E-state index is 11.2. The molecule has 3 nitrogen and oxygen atoms in total. The monoisotopic (exact) mass is 220 g/mol. The average Bonchev–Trinajstić information content (AvgIpc) is 3.02. The number of benzene rings is 1. The Balaban J connectivity index is 2.36. The number of aryl methyl sites for hydroxylation is 1.